The lowest BCUT2D eigenvalue weighted by atomic mass is 10.2. The Balaban J connectivity index is 1.92. The number of aromatic nitrogens is 2. The number of halogens is 2. The Morgan fingerprint density at radius 2 is 1.95 bits per heavy atom. The molecule has 0 aliphatic rings. The van der Waals surface area contributed by atoms with Gasteiger partial charge >= 0.3 is 5.16 Å². The fourth-order valence-corrected chi connectivity index (χ4v) is 3.55. The normalized spacial score (nSPS) is 12.8. The van der Waals surface area contributed by atoms with Gasteiger partial charge in [-0.1, -0.05) is 23.7 Å². The molecule has 0 radical (unpaired) electrons. The van der Waals surface area contributed by atoms with Gasteiger partial charge in [-0.25, -0.2) is 4.39 Å². The van der Waals surface area contributed by atoms with Crippen LogP contribution in [0.5, 0.6) is 0 Å². The zero-order valence-corrected chi connectivity index (χ0v) is 12.8. The molecule has 1 atom stereocenters. The molecule has 0 saturated heterocycles. The molecular weight excluding hydrogens is 311 g/mol. The number of hydrogen-bond donors (Lipinski definition) is 0. The molecule has 3 rings (SSSR count). The standard InChI is InChI=1S/C15H12ClFN2OS/c1-19-14-7-4-11(16)8-13(14)18-15(19)21(20)9-10-2-5-12(17)6-3-10/h2-8H,9H2,1H3. The Labute approximate surface area is 129 Å². The highest BCUT2D eigenvalue weighted by Gasteiger charge is 2.20. The molecule has 0 spiro atoms. The van der Waals surface area contributed by atoms with Crippen molar-refractivity contribution in [2.75, 3.05) is 0 Å². The summed E-state index contributed by atoms with van der Waals surface area (Å²) in [6.07, 6.45) is 0. The van der Waals surface area contributed by atoms with Crippen molar-refractivity contribution < 1.29 is 8.94 Å². The van der Waals surface area contributed by atoms with E-state index < -0.39 is 11.2 Å². The van der Waals surface area contributed by atoms with Gasteiger partial charge in [-0.2, -0.15) is 4.98 Å². The Morgan fingerprint density at radius 1 is 1.24 bits per heavy atom. The van der Waals surface area contributed by atoms with Gasteiger partial charge < -0.3 is 4.55 Å². The van der Waals surface area contributed by atoms with E-state index in [1.165, 1.54) is 12.1 Å². The van der Waals surface area contributed by atoms with Crippen molar-refractivity contribution in [1.82, 2.24) is 9.55 Å². The summed E-state index contributed by atoms with van der Waals surface area (Å²) in [6.45, 7) is 0. The number of benzene rings is 2. The van der Waals surface area contributed by atoms with Crippen LogP contribution in [0.2, 0.25) is 5.02 Å². The van der Waals surface area contributed by atoms with Gasteiger partial charge in [0.25, 0.3) is 0 Å². The molecule has 1 heterocycles. The molecule has 6 heteroatoms. The summed E-state index contributed by atoms with van der Waals surface area (Å²) in [5.74, 6) is -0.00699. The van der Waals surface area contributed by atoms with E-state index in [1.807, 2.05) is 13.1 Å². The van der Waals surface area contributed by atoms with Gasteiger partial charge in [0.2, 0.25) is 0 Å². The van der Waals surface area contributed by atoms with Gasteiger partial charge in [0.05, 0.1) is 11.0 Å². The minimum Gasteiger partial charge on any atom is -0.609 e. The van der Waals surface area contributed by atoms with Crippen molar-refractivity contribution in [3.63, 3.8) is 0 Å². The molecule has 2 aromatic carbocycles. The maximum atomic E-state index is 12.9. The van der Waals surface area contributed by atoms with Crippen molar-refractivity contribution in [3.05, 3.63) is 58.9 Å². The zero-order chi connectivity index (χ0) is 15.0. The van der Waals surface area contributed by atoms with E-state index in [0.29, 0.717) is 21.4 Å². The third kappa shape index (κ3) is 2.90. The second kappa shape index (κ2) is 5.67. The SMILES string of the molecule is Cn1c([S+]([O-])Cc2ccc(F)cc2)nc2cc(Cl)ccc21. The summed E-state index contributed by atoms with van der Waals surface area (Å²) in [6, 6.07) is 11.4. The molecule has 1 aromatic heterocycles. The second-order valence-electron chi connectivity index (χ2n) is 4.70. The predicted molar refractivity (Wildman–Crippen MR) is 82.2 cm³/mol. The van der Waals surface area contributed by atoms with Crippen LogP contribution in [0.3, 0.4) is 0 Å². The molecule has 0 N–H and O–H groups in total. The van der Waals surface area contributed by atoms with Crippen molar-refractivity contribution in [1.29, 1.82) is 0 Å². The van der Waals surface area contributed by atoms with Crippen molar-refractivity contribution in [3.8, 4) is 0 Å². The lowest BCUT2D eigenvalue weighted by Crippen LogP contribution is -2.11. The fraction of sp³-hybridized carbons (Fsp3) is 0.133. The van der Waals surface area contributed by atoms with E-state index in [-0.39, 0.29) is 5.82 Å². The molecule has 0 bridgehead atoms. The van der Waals surface area contributed by atoms with E-state index in [2.05, 4.69) is 4.98 Å². The first kappa shape index (κ1) is 14.4. The molecule has 0 aliphatic carbocycles. The first-order chi connectivity index (χ1) is 10.0. The van der Waals surface area contributed by atoms with Crippen LogP contribution in [0, 0.1) is 5.82 Å². The number of hydrogen-bond acceptors (Lipinski definition) is 2. The average molecular weight is 323 g/mol. The Morgan fingerprint density at radius 3 is 2.67 bits per heavy atom. The molecule has 0 fully saturated rings. The van der Waals surface area contributed by atoms with E-state index in [0.717, 1.165) is 11.1 Å². The molecular formula is C15H12ClFN2OS. The van der Waals surface area contributed by atoms with Gasteiger partial charge in [0.15, 0.2) is 0 Å². The molecule has 0 aliphatic heterocycles. The van der Waals surface area contributed by atoms with Gasteiger partial charge in [-0.3, -0.25) is 4.57 Å². The highest BCUT2D eigenvalue weighted by Crippen LogP contribution is 2.23. The van der Waals surface area contributed by atoms with Crippen LogP contribution in [-0.4, -0.2) is 14.1 Å². The van der Waals surface area contributed by atoms with E-state index >= 15 is 0 Å². The summed E-state index contributed by atoms with van der Waals surface area (Å²) in [4.78, 5) is 4.39. The van der Waals surface area contributed by atoms with Crippen LogP contribution in [0.4, 0.5) is 4.39 Å². The van der Waals surface area contributed by atoms with E-state index in [4.69, 9.17) is 11.6 Å². The van der Waals surface area contributed by atoms with Crippen LogP contribution in [0.15, 0.2) is 47.6 Å². The zero-order valence-electron chi connectivity index (χ0n) is 11.2. The lowest BCUT2D eigenvalue weighted by Gasteiger charge is -2.09. The highest BCUT2D eigenvalue weighted by atomic mass is 35.5. The maximum Gasteiger partial charge on any atom is 0.324 e. The smallest absolute Gasteiger partial charge is 0.324 e. The number of aryl methyl sites for hydroxylation is 1. The molecule has 21 heavy (non-hydrogen) atoms. The first-order valence-corrected chi connectivity index (χ1v) is 7.99. The van der Waals surface area contributed by atoms with Crippen molar-refractivity contribution in [2.45, 2.75) is 10.9 Å². The van der Waals surface area contributed by atoms with Crippen LogP contribution in [0.1, 0.15) is 5.56 Å². The maximum absolute atomic E-state index is 12.9. The fourth-order valence-electron chi connectivity index (χ4n) is 2.15. The Bertz CT molecular complexity index is 788. The average Bonchev–Trinajstić information content (AvgIpc) is 2.78. The monoisotopic (exact) mass is 322 g/mol. The van der Waals surface area contributed by atoms with Crippen LogP contribution in [-0.2, 0) is 24.0 Å². The van der Waals surface area contributed by atoms with Crippen LogP contribution in [0.25, 0.3) is 11.0 Å². The largest absolute Gasteiger partial charge is 0.609 e. The van der Waals surface area contributed by atoms with Crippen molar-refractivity contribution in [2.24, 2.45) is 7.05 Å². The van der Waals surface area contributed by atoms with Gasteiger partial charge in [-0.15, -0.1) is 0 Å². The molecule has 108 valence electrons. The number of nitrogens with zero attached hydrogens (tertiary/aromatic N) is 2. The van der Waals surface area contributed by atoms with Gasteiger partial charge in [0, 0.05) is 28.8 Å². The van der Waals surface area contributed by atoms with Crippen molar-refractivity contribution >= 4 is 33.8 Å². The lowest BCUT2D eigenvalue weighted by molar-refractivity contribution is 0.578. The quantitative estimate of drug-likeness (QED) is 0.690. The molecule has 3 nitrogen and oxygen atoms in total. The summed E-state index contributed by atoms with van der Waals surface area (Å²) in [5, 5.41) is 1.08. The van der Waals surface area contributed by atoms with E-state index in [1.54, 1.807) is 28.8 Å². The second-order valence-corrected chi connectivity index (χ2v) is 6.48. The topological polar surface area (TPSA) is 40.9 Å². The Kier molecular flexibility index (Phi) is 3.89. The summed E-state index contributed by atoms with van der Waals surface area (Å²) in [7, 11) is 1.82. The highest BCUT2D eigenvalue weighted by molar-refractivity contribution is 7.90. The predicted octanol–water partition coefficient (Wildman–Crippen LogP) is 3.67. The molecule has 0 amide bonds. The van der Waals surface area contributed by atoms with Gasteiger partial charge in [-0.05, 0) is 30.3 Å². The minimum atomic E-state index is -1.31. The summed E-state index contributed by atoms with van der Waals surface area (Å²) >= 11 is 4.64. The molecule has 3 aromatic rings. The van der Waals surface area contributed by atoms with Gasteiger partial charge in [0.1, 0.15) is 11.6 Å². The third-order valence-electron chi connectivity index (χ3n) is 3.22. The van der Waals surface area contributed by atoms with Crippen LogP contribution >= 0.6 is 11.6 Å². The summed E-state index contributed by atoms with van der Waals surface area (Å²) in [5.41, 5.74) is 2.40. The molecule has 1 unspecified atom stereocenters. The van der Waals surface area contributed by atoms with E-state index in [9.17, 15) is 8.94 Å². The summed E-state index contributed by atoms with van der Waals surface area (Å²) < 4.78 is 27.2. The third-order valence-corrected chi connectivity index (χ3v) is 4.82. The first-order valence-electron chi connectivity index (χ1n) is 6.29. The number of fused-ring (bicyclic) bond motifs is 1. The minimum absolute atomic E-state index is 0.297. The number of rotatable bonds is 3. The number of imidazole rings is 1. The van der Waals surface area contributed by atoms with Crippen LogP contribution < -0.4 is 0 Å². The Hall–Kier alpha value is -1.56. The molecule has 0 saturated carbocycles.